The van der Waals surface area contributed by atoms with E-state index in [-0.39, 0.29) is 23.1 Å². The Balaban J connectivity index is 1.80. The summed E-state index contributed by atoms with van der Waals surface area (Å²) < 4.78 is 10.4. The number of anilines is 1. The minimum absolute atomic E-state index is 0.0975. The molecule has 0 bridgehead atoms. The molecule has 0 spiro atoms. The molecule has 2 aromatic rings. The molecule has 1 aliphatic heterocycles. The summed E-state index contributed by atoms with van der Waals surface area (Å²) in [4.78, 5) is 27.5. The molecule has 0 aliphatic carbocycles. The number of nitrogens with zero attached hydrogens (tertiary/aromatic N) is 1. The quantitative estimate of drug-likeness (QED) is 0.702. The van der Waals surface area contributed by atoms with E-state index < -0.39 is 0 Å². The number of likely N-dealkylation sites (tertiary alicyclic amines) is 1. The summed E-state index contributed by atoms with van der Waals surface area (Å²) in [6.07, 6.45) is 3.10. The number of ether oxygens (including phenoxy) is 2. The maximum absolute atomic E-state index is 13.0. The number of methoxy groups -OCH3 is 2. The van der Waals surface area contributed by atoms with Crippen molar-refractivity contribution in [3.8, 4) is 17.2 Å². The standard InChI is InChI=1S/C23H28N2O5/c1-4-15-6-5-9-25(14-15)23(28)20-12-17(7-8-21(20)26)24-22(27)16-10-18(29-2)13-19(11-16)30-3/h7-8,10-13,15,26H,4-6,9,14H2,1-3H3,(H,24,27)/t15-/m1/s1. The van der Waals surface area contributed by atoms with Crippen LogP contribution in [0.1, 0.15) is 46.9 Å². The lowest BCUT2D eigenvalue weighted by Crippen LogP contribution is -2.39. The largest absolute Gasteiger partial charge is 0.507 e. The fraction of sp³-hybridized carbons (Fsp3) is 0.391. The van der Waals surface area contributed by atoms with E-state index in [0.29, 0.717) is 41.8 Å². The number of hydrogen-bond acceptors (Lipinski definition) is 5. The first-order valence-electron chi connectivity index (χ1n) is 10.1. The van der Waals surface area contributed by atoms with Gasteiger partial charge in [0, 0.05) is 30.4 Å². The van der Waals surface area contributed by atoms with Crippen molar-refractivity contribution in [2.24, 2.45) is 5.92 Å². The van der Waals surface area contributed by atoms with E-state index in [1.54, 1.807) is 29.2 Å². The predicted molar refractivity (Wildman–Crippen MR) is 115 cm³/mol. The van der Waals surface area contributed by atoms with Gasteiger partial charge in [0.15, 0.2) is 0 Å². The van der Waals surface area contributed by atoms with Crippen LogP contribution in [0.25, 0.3) is 0 Å². The number of benzene rings is 2. The molecule has 1 atom stereocenters. The average Bonchev–Trinajstić information content (AvgIpc) is 2.79. The monoisotopic (exact) mass is 412 g/mol. The summed E-state index contributed by atoms with van der Waals surface area (Å²) in [5.41, 5.74) is 0.966. The Morgan fingerprint density at radius 2 is 1.83 bits per heavy atom. The second-order valence-electron chi connectivity index (χ2n) is 7.46. The number of aromatic hydroxyl groups is 1. The van der Waals surface area contributed by atoms with Crippen LogP contribution in [0.4, 0.5) is 5.69 Å². The zero-order valence-corrected chi connectivity index (χ0v) is 17.6. The van der Waals surface area contributed by atoms with Gasteiger partial charge in [0.25, 0.3) is 11.8 Å². The third-order valence-corrected chi connectivity index (χ3v) is 5.48. The van der Waals surface area contributed by atoms with E-state index in [2.05, 4.69) is 12.2 Å². The predicted octanol–water partition coefficient (Wildman–Crippen LogP) is 3.92. The molecule has 160 valence electrons. The molecule has 2 N–H and O–H groups in total. The first-order valence-corrected chi connectivity index (χ1v) is 10.1. The van der Waals surface area contributed by atoms with Crippen LogP contribution in [-0.4, -0.2) is 49.1 Å². The van der Waals surface area contributed by atoms with Crippen LogP contribution >= 0.6 is 0 Å². The summed E-state index contributed by atoms with van der Waals surface area (Å²) in [6.45, 7) is 3.49. The van der Waals surface area contributed by atoms with Gasteiger partial charge in [-0.1, -0.05) is 13.3 Å². The molecule has 1 fully saturated rings. The SMILES string of the molecule is CC[C@@H]1CCCN(C(=O)c2cc(NC(=O)c3cc(OC)cc(OC)c3)ccc2O)C1. The highest BCUT2D eigenvalue weighted by atomic mass is 16.5. The number of piperidine rings is 1. The molecule has 1 heterocycles. The summed E-state index contributed by atoms with van der Waals surface area (Å²) >= 11 is 0. The smallest absolute Gasteiger partial charge is 0.257 e. The van der Waals surface area contributed by atoms with Crippen LogP contribution in [0.3, 0.4) is 0 Å². The van der Waals surface area contributed by atoms with Crippen LogP contribution < -0.4 is 14.8 Å². The topological polar surface area (TPSA) is 88.1 Å². The van der Waals surface area contributed by atoms with E-state index in [4.69, 9.17) is 9.47 Å². The van der Waals surface area contributed by atoms with Crippen LogP contribution in [0.5, 0.6) is 17.2 Å². The average molecular weight is 412 g/mol. The highest BCUT2D eigenvalue weighted by Crippen LogP contribution is 2.28. The Bertz CT molecular complexity index is 906. The van der Waals surface area contributed by atoms with Crippen LogP contribution in [0.2, 0.25) is 0 Å². The zero-order valence-electron chi connectivity index (χ0n) is 17.6. The molecule has 7 nitrogen and oxygen atoms in total. The van der Waals surface area contributed by atoms with E-state index in [1.165, 1.54) is 26.4 Å². The maximum atomic E-state index is 13.0. The van der Waals surface area contributed by atoms with E-state index in [0.717, 1.165) is 19.3 Å². The first-order chi connectivity index (χ1) is 14.4. The fourth-order valence-corrected chi connectivity index (χ4v) is 3.68. The van der Waals surface area contributed by atoms with E-state index >= 15 is 0 Å². The minimum atomic E-state index is -0.375. The van der Waals surface area contributed by atoms with Crippen LogP contribution in [-0.2, 0) is 0 Å². The second-order valence-corrected chi connectivity index (χ2v) is 7.46. The van der Waals surface area contributed by atoms with E-state index in [1.807, 2.05) is 0 Å². The van der Waals surface area contributed by atoms with Gasteiger partial charge in [-0.25, -0.2) is 0 Å². The molecule has 0 saturated carbocycles. The Labute approximate surface area is 176 Å². The second kappa shape index (κ2) is 9.52. The molecule has 2 amide bonds. The van der Waals surface area contributed by atoms with Gasteiger partial charge in [-0.05, 0) is 49.1 Å². The van der Waals surface area contributed by atoms with Crippen molar-refractivity contribution < 1.29 is 24.2 Å². The first kappa shape index (κ1) is 21.5. The number of nitrogens with one attached hydrogen (secondary N) is 1. The Kier molecular flexibility index (Phi) is 6.82. The molecular weight excluding hydrogens is 384 g/mol. The maximum Gasteiger partial charge on any atom is 0.257 e. The number of phenolic OH excluding ortho intramolecular Hbond substituents is 1. The van der Waals surface area contributed by atoms with E-state index in [9.17, 15) is 14.7 Å². The lowest BCUT2D eigenvalue weighted by molar-refractivity contribution is 0.0668. The summed E-state index contributed by atoms with van der Waals surface area (Å²) in [7, 11) is 3.02. The van der Waals surface area contributed by atoms with Gasteiger partial charge in [-0.3, -0.25) is 9.59 Å². The van der Waals surface area contributed by atoms with Gasteiger partial charge >= 0.3 is 0 Å². The number of amides is 2. The number of phenols is 1. The molecule has 0 aromatic heterocycles. The summed E-state index contributed by atoms with van der Waals surface area (Å²) in [5, 5.41) is 13.0. The van der Waals surface area contributed by atoms with Gasteiger partial charge in [-0.15, -0.1) is 0 Å². The summed E-state index contributed by atoms with van der Waals surface area (Å²) in [6, 6.07) is 9.38. The van der Waals surface area contributed by atoms with Crippen molar-refractivity contribution in [2.75, 3.05) is 32.6 Å². The number of carbonyl (C=O) groups excluding carboxylic acids is 2. The molecule has 1 saturated heterocycles. The Hall–Kier alpha value is -3.22. The number of rotatable bonds is 6. The Morgan fingerprint density at radius 1 is 1.13 bits per heavy atom. The summed E-state index contributed by atoms with van der Waals surface area (Å²) in [5.74, 6) is 0.786. The molecule has 2 aromatic carbocycles. The lowest BCUT2D eigenvalue weighted by atomic mass is 9.95. The van der Waals surface area contributed by atoms with Gasteiger partial charge in [0.05, 0.1) is 19.8 Å². The van der Waals surface area contributed by atoms with Gasteiger partial charge in [0.1, 0.15) is 17.2 Å². The third kappa shape index (κ3) is 4.84. The Morgan fingerprint density at radius 3 is 2.47 bits per heavy atom. The minimum Gasteiger partial charge on any atom is -0.507 e. The number of carbonyl (C=O) groups is 2. The highest BCUT2D eigenvalue weighted by Gasteiger charge is 2.25. The molecule has 7 heteroatoms. The lowest BCUT2D eigenvalue weighted by Gasteiger charge is -2.32. The van der Waals surface area contributed by atoms with Gasteiger partial charge in [-0.2, -0.15) is 0 Å². The molecule has 0 radical (unpaired) electrons. The molecule has 1 aliphatic rings. The normalized spacial score (nSPS) is 16.1. The van der Waals surface area contributed by atoms with Gasteiger partial charge in [0.2, 0.25) is 0 Å². The van der Waals surface area contributed by atoms with Crippen molar-refractivity contribution in [1.82, 2.24) is 4.90 Å². The van der Waals surface area contributed by atoms with Gasteiger partial charge < -0.3 is 24.8 Å². The highest BCUT2D eigenvalue weighted by molar-refractivity contribution is 6.06. The third-order valence-electron chi connectivity index (χ3n) is 5.48. The fourth-order valence-electron chi connectivity index (χ4n) is 3.68. The molecule has 3 rings (SSSR count). The van der Waals surface area contributed by atoms with Crippen molar-refractivity contribution in [3.05, 3.63) is 47.5 Å². The zero-order chi connectivity index (χ0) is 21.7. The number of hydrogen-bond donors (Lipinski definition) is 2. The van der Waals surface area contributed by atoms with Crippen LogP contribution in [0.15, 0.2) is 36.4 Å². The molecular formula is C23H28N2O5. The van der Waals surface area contributed by atoms with Crippen molar-refractivity contribution in [2.45, 2.75) is 26.2 Å². The van der Waals surface area contributed by atoms with Crippen molar-refractivity contribution >= 4 is 17.5 Å². The van der Waals surface area contributed by atoms with Crippen molar-refractivity contribution in [3.63, 3.8) is 0 Å². The molecule has 30 heavy (non-hydrogen) atoms. The van der Waals surface area contributed by atoms with Crippen LogP contribution in [0, 0.1) is 5.92 Å². The van der Waals surface area contributed by atoms with Crippen molar-refractivity contribution in [1.29, 1.82) is 0 Å². The molecule has 0 unspecified atom stereocenters.